The predicted molar refractivity (Wildman–Crippen MR) is 110 cm³/mol. The number of hydrogen-bond donors (Lipinski definition) is 4. The van der Waals surface area contributed by atoms with Gasteiger partial charge >= 0.3 is 0 Å². The van der Waals surface area contributed by atoms with Gasteiger partial charge in [-0.1, -0.05) is 42.5 Å². The smallest absolute Gasteiger partial charge is 0.251 e. The van der Waals surface area contributed by atoms with E-state index in [-0.39, 0.29) is 18.2 Å². The summed E-state index contributed by atoms with van der Waals surface area (Å²) < 4.78 is 0. The Bertz CT molecular complexity index is 992. The van der Waals surface area contributed by atoms with Crippen molar-refractivity contribution in [2.24, 2.45) is 0 Å². The first kappa shape index (κ1) is 18.5. The number of nitrogens with one attached hydrogen (secondary N) is 2. The molecule has 4 rings (SSSR count). The third kappa shape index (κ3) is 3.72. The first-order valence-corrected chi connectivity index (χ1v) is 9.58. The summed E-state index contributed by atoms with van der Waals surface area (Å²) in [5.74, 6) is -0.00406. The van der Waals surface area contributed by atoms with Crippen LogP contribution in [0.1, 0.15) is 23.2 Å². The predicted octanol–water partition coefficient (Wildman–Crippen LogP) is 3.06. The number of fused-ring (bicyclic) bond motifs is 1. The lowest BCUT2D eigenvalue weighted by atomic mass is 9.94. The maximum absolute atomic E-state index is 12.5. The SMILES string of the molecule is O=C(NC[C@@]1(O)CCCNC1)c1ccc(-c2c(O)ccc3ccccc23)cc1. The zero-order chi connectivity index (χ0) is 19.6. The second-order valence-electron chi connectivity index (χ2n) is 7.45. The van der Waals surface area contributed by atoms with Crippen molar-refractivity contribution in [2.45, 2.75) is 18.4 Å². The van der Waals surface area contributed by atoms with E-state index in [4.69, 9.17) is 0 Å². The average Bonchev–Trinajstić information content (AvgIpc) is 2.73. The standard InChI is InChI=1S/C23H24N2O3/c26-20-11-10-16-4-1-2-5-19(16)21(20)17-6-8-18(9-7-17)22(27)25-15-23(28)12-3-13-24-14-23/h1-2,4-11,24,26,28H,3,12-15H2,(H,25,27)/t23-/m1/s1. The molecule has 0 bridgehead atoms. The number of phenolic OH excluding ortho intramolecular Hbond substituents is 1. The fraction of sp³-hybridized carbons (Fsp3) is 0.261. The molecule has 1 saturated heterocycles. The minimum Gasteiger partial charge on any atom is -0.507 e. The molecular formula is C23H24N2O3. The van der Waals surface area contributed by atoms with Crippen molar-refractivity contribution in [3.63, 3.8) is 0 Å². The van der Waals surface area contributed by atoms with Crippen molar-refractivity contribution >= 4 is 16.7 Å². The summed E-state index contributed by atoms with van der Waals surface area (Å²) in [5.41, 5.74) is 1.24. The Balaban J connectivity index is 1.53. The van der Waals surface area contributed by atoms with Gasteiger partial charge in [-0.05, 0) is 53.9 Å². The number of rotatable bonds is 4. The van der Waals surface area contributed by atoms with Crippen LogP contribution in [0.15, 0.2) is 60.7 Å². The van der Waals surface area contributed by atoms with Crippen LogP contribution < -0.4 is 10.6 Å². The van der Waals surface area contributed by atoms with Gasteiger partial charge in [0.15, 0.2) is 0 Å². The van der Waals surface area contributed by atoms with Gasteiger partial charge in [-0.3, -0.25) is 4.79 Å². The van der Waals surface area contributed by atoms with E-state index in [0.717, 1.165) is 34.9 Å². The van der Waals surface area contributed by atoms with Crippen molar-refractivity contribution in [2.75, 3.05) is 19.6 Å². The van der Waals surface area contributed by atoms with E-state index in [1.54, 1.807) is 18.2 Å². The minimum atomic E-state index is -0.886. The Morgan fingerprint density at radius 3 is 2.61 bits per heavy atom. The van der Waals surface area contributed by atoms with Crippen molar-refractivity contribution in [3.05, 3.63) is 66.2 Å². The molecular weight excluding hydrogens is 352 g/mol. The highest BCUT2D eigenvalue weighted by Crippen LogP contribution is 2.36. The van der Waals surface area contributed by atoms with E-state index >= 15 is 0 Å². The Hall–Kier alpha value is -2.89. The number of phenols is 1. The Morgan fingerprint density at radius 2 is 1.86 bits per heavy atom. The molecule has 0 aliphatic carbocycles. The molecule has 0 unspecified atom stereocenters. The normalized spacial score (nSPS) is 19.5. The molecule has 4 N–H and O–H groups in total. The van der Waals surface area contributed by atoms with E-state index < -0.39 is 5.60 Å². The maximum Gasteiger partial charge on any atom is 0.251 e. The lowest BCUT2D eigenvalue weighted by Crippen LogP contribution is -2.52. The first-order valence-electron chi connectivity index (χ1n) is 9.58. The van der Waals surface area contributed by atoms with Gasteiger partial charge in [0.1, 0.15) is 5.75 Å². The molecule has 1 aliphatic rings. The van der Waals surface area contributed by atoms with Crippen molar-refractivity contribution in [3.8, 4) is 16.9 Å². The maximum atomic E-state index is 12.5. The van der Waals surface area contributed by atoms with Crippen LogP contribution in [-0.4, -0.2) is 41.4 Å². The van der Waals surface area contributed by atoms with E-state index in [0.29, 0.717) is 18.5 Å². The molecule has 0 radical (unpaired) electrons. The lowest BCUT2D eigenvalue weighted by molar-refractivity contribution is 0.0170. The van der Waals surface area contributed by atoms with E-state index in [1.807, 2.05) is 42.5 Å². The number of carbonyl (C=O) groups excluding carboxylic acids is 1. The highest BCUT2D eigenvalue weighted by Gasteiger charge is 2.29. The van der Waals surface area contributed by atoms with Gasteiger partial charge in [-0.25, -0.2) is 0 Å². The molecule has 0 spiro atoms. The molecule has 0 aromatic heterocycles. The van der Waals surface area contributed by atoms with Gasteiger partial charge in [-0.15, -0.1) is 0 Å². The second kappa shape index (κ2) is 7.62. The fourth-order valence-corrected chi connectivity index (χ4v) is 3.80. The summed E-state index contributed by atoms with van der Waals surface area (Å²) in [6.07, 6.45) is 1.58. The molecule has 1 fully saturated rings. The largest absolute Gasteiger partial charge is 0.507 e. The van der Waals surface area contributed by atoms with Crippen LogP contribution in [0, 0.1) is 0 Å². The third-order valence-electron chi connectivity index (χ3n) is 5.37. The fourth-order valence-electron chi connectivity index (χ4n) is 3.80. The monoisotopic (exact) mass is 376 g/mol. The lowest BCUT2D eigenvalue weighted by Gasteiger charge is -2.32. The summed E-state index contributed by atoms with van der Waals surface area (Å²) in [6.45, 7) is 1.62. The number of carbonyl (C=O) groups is 1. The van der Waals surface area contributed by atoms with E-state index in [2.05, 4.69) is 10.6 Å². The minimum absolute atomic E-state index is 0.211. The highest BCUT2D eigenvalue weighted by molar-refractivity contribution is 6.00. The van der Waals surface area contributed by atoms with Gasteiger partial charge in [0, 0.05) is 24.2 Å². The molecule has 1 atom stereocenters. The molecule has 5 heteroatoms. The van der Waals surface area contributed by atoms with Crippen LogP contribution in [0.5, 0.6) is 5.75 Å². The highest BCUT2D eigenvalue weighted by atomic mass is 16.3. The molecule has 3 aromatic carbocycles. The van der Waals surface area contributed by atoms with Gasteiger partial charge < -0.3 is 20.8 Å². The van der Waals surface area contributed by atoms with Crippen molar-refractivity contribution in [1.29, 1.82) is 0 Å². The van der Waals surface area contributed by atoms with Gasteiger partial charge in [-0.2, -0.15) is 0 Å². The Kier molecular flexibility index (Phi) is 5.03. The summed E-state index contributed by atoms with van der Waals surface area (Å²) >= 11 is 0. The van der Waals surface area contributed by atoms with Gasteiger partial charge in [0.2, 0.25) is 0 Å². The number of benzene rings is 3. The van der Waals surface area contributed by atoms with Crippen molar-refractivity contribution in [1.82, 2.24) is 10.6 Å². The van der Waals surface area contributed by atoms with E-state index in [9.17, 15) is 15.0 Å². The van der Waals surface area contributed by atoms with Crippen LogP contribution >= 0.6 is 0 Å². The zero-order valence-corrected chi connectivity index (χ0v) is 15.6. The molecule has 1 aliphatic heterocycles. The Morgan fingerprint density at radius 1 is 1.07 bits per heavy atom. The number of piperidine rings is 1. The number of aromatic hydroxyl groups is 1. The number of amides is 1. The van der Waals surface area contributed by atoms with Crippen LogP contribution in [0.2, 0.25) is 0 Å². The average molecular weight is 376 g/mol. The molecule has 1 amide bonds. The first-order chi connectivity index (χ1) is 13.6. The second-order valence-corrected chi connectivity index (χ2v) is 7.45. The molecule has 5 nitrogen and oxygen atoms in total. The van der Waals surface area contributed by atoms with Crippen LogP contribution in [0.3, 0.4) is 0 Å². The van der Waals surface area contributed by atoms with Crippen LogP contribution in [-0.2, 0) is 0 Å². The number of hydrogen-bond acceptors (Lipinski definition) is 4. The molecule has 3 aromatic rings. The van der Waals surface area contributed by atoms with Gasteiger partial charge in [0.05, 0.1) is 5.60 Å². The van der Waals surface area contributed by atoms with E-state index in [1.165, 1.54) is 0 Å². The molecule has 1 heterocycles. The summed E-state index contributed by atoms with van der Waals surface area (Å²) in [6, 6.07) is 18.6. The third-order valence-corrected chi connectivity index (χ3v) is 5.37. The molecule has 144 valence electrons. The summed E-state index contributed by atoms with van der Waals surface area (Å²) in [4.78, 5) is 12.5. The quantitative estimate of drug-likeness (QED) is 0.564. The van der Waals surface area contributed by atoms with Crippen LogP contribution in [0.25, 0.3) is 21.9 Å². The molecule has 0 saturated carbocycles. The van der Waals surface area contributed by atoms with Crippen molar-refractivity contribution < 1.29 is 15.0 Å². The summed E-state index contributed by atoms with van der Waals surface area (Å²) in [7, 11) is 0. The number of β-amino-alcohol motifs (C(OH)–C–C–N with tert-alkyl or cyclic N) is 1. The Labute approximate surface area is 164 Å². The topological polar surface area (TPSA) is 81.6 Å². The number of aliphatic hydroxyl groups is 1. The zero-order valence-electron chi connectivity index (χ0n) is 15.6. The van der Waals surface area contributed by atoms with Crippen LogP contribution in [0.4, 0.5) is 0 Å². The molecule has 28 heavy (non-hydrogen) atoms. The van der Waals surface area contributed by atoms with Gasteiger partial charge in [0.25, 0.3) is 5.91 Å². The summed E-state index contributed by atoms with van der Waals surface area (Å²) in [5, 5.41) is 28.9.